The van der Waals surface area contributed by atoms with Crippen LogP contribution in [0, 0.1) is 17.3 Å². The van der Waals surface area contributed by atoms with E-state index in [1.54, 1.807) is 0 Å². The first-order chi connectivity index (χ1) is 13.1. The molecule has 0 aliphatic heterocycles. The molecule has 0 radical (unpaired) electrons. The number of hydrogen-bond donors (Lipinski definition) is 2. The summed E-state index contributed by atoms with van der Waals surface area (Å²) in [6.45, 7) is 2.32. The molecule has 2 nitrogen and oxygen atoms in total. The van der Waals surface area contributed by atoms with Crippen molar-refractivity contribution in [3.8, 4) is 5.75 Å². The summed E-state index contributed by atoms with van der Waals surface area (Å²) in [5.41, 5.74) is 5.18. The fourth-order valence-corrected chi connectivity index (χ4v) is 6.33. The summed E-state index contributed by atoms with van der Waals surface area (Å²) >= 11 is 0. The molecule has 0 amide bonds. The lowest BCUT2D eigenvalue weighted by atomic mass is 9.55. The van der Waals surface area contributed by atoms with Crippen molar-refractivity contribution in [3.05, 3.63) is 70.8 Å². The molecule has 0 bridgehead atoms. The Kier molecular flexibility index (Phi) is 3.94. The predicted molar refractivity (Wildman–Crippen MR) is 109 cm³/mol. The lowest BCUT2D eigenvalue weighted by Gasteiger charge is -2.49. The van der Waals surface area contributed by atoms with Gasteiger partial charge in [-0.2, -0.15) is 0 Å². The van der Waals surface area contributed by atoms with Crippen molar-refractivity contribution in [2.75, 3.05) is 0 Å². The molecule has 2 N–H and O–H groups in total. The largest absolute Gasteiger partial charge is 0.508 e. The van der Waals surface area contributed by atoms with Crippen LogP contribution in [-0.4, -0.2) is 16.3 Å². The van der Waals surface area contributed by atoms with E-state index in [0.717, 1.165) is 25.7 Å². The zero-order valence-corrected chi connectivity index (χ0v) is 15.9. The molecule has 5 rings (SSSR count). The van der Waals surface area contributed by atoms with E-state index >= 15 is 0 Å². The summed E-state index contributed by atoms with van der Waals surface area (Å²) in [5.74, 6) is 2.15. The second-order valence-corrected chi connectivity index (χ2v) is 9.08. The Labute approximate surface area is 161 Å². The van der Waals surface area contributed by atoms with Crippen LogP contribution in [0.25, 0.3) is 6.08 Å². The first-order valence-corrected chi connectivity index (χ1v) is 10.3. The van der Waals surface area contributed by atoms with Crippen LogP contribution in [0.1, 0.15) is 55.2 Å². The minimum Gasteiger partial charge on any atom is -0.508 e. The number of fused-ring (bicyclic) bond motifs is 5. The molecule has 0 unspecified atom stereocenters. The second-order valence-electron chi connectivity index (χ2n) is 9.08. The Hall–Kier alpha value is -2.06. The predicted octanol–water partition coefficient (Wildman–Crippen LogP) is 5.30. The molecule has 5 atom stereocenters. The minimum atomic E-state index is -0.329. The van der Waals surface area contributed by atoms with Crippen molar-refractivity contribution in [2.24, 2.45) is 17.3 Å². The molecular weight excluding hydrogens is 332 g/mol. The highest BCUT2D eigenvalue weighted by atomic mass is 16.3. The van der Waals surface area contributed by atoms with E-state index < -0.39 is 0 Å². The van der Waals surface area contributed by atoms with E-state index in [4.69, 9.17) is 0 Å². The standard InChI is InChI=1S/C25H28O2/c1-25-12-11-21-20-10-8-19(26)14-17(20)7-9-22(21)23(25)15-18(24(25)27)13-16-5-3-2-4-6-16/h2-6,8,10,13-14,21-24,26-27H,7,9,11-12,15H2,1H3/b18-13+/t21-,22+,23-,24+,25+/m1/s1. The number of rotatable bonds is 1. The summed E-state index contributed by atoms with van der Waals surface area (Å²) in [6, 6.07) is 16.4. The normalized spacial score (nSPS) is 36.1. The van der Waals surface area contributed by atoms with Crippen LogP contribution in [0.4, 0.5) is 0 Å². The van der Waals surface area contributed by atoms with E-state index in [9.17, 15) is 10.2 Å². The van der Waals surface area contributed by atoms with Crippen molar-refractivity contribution in [3.63, 3.8) is 0 Å². The van der Waals surface area contributed by atoms with Gasteiger partial charge in [0.25, 0.3) is 0 Å². The number of benzene rings is 2. The summed E-state index contributed by atoms with van der Waals surface area (Å²) in [6.07, 6.45) is 7.35. The molecule has 2 aromatic carbocycles. The van der Waals surface area contributed by atoms with Crippen molar-refractivity contribution < 1.29 is 10.2 Å². The average Bonchev–Trinajstić information content (AvgIpc) is 2.93. The van der Waals surface area contributed by atoms with Gasteiger partial charge in [0, 0.05) is 5.41 Å². The number of aliphatic hydroxyl groups excluding tert-OH is 1. The molecule has 2 saturated carbocycles. The van der Waals surface area contributed by atoms with E-state index in [-0.39, 0.29) is 11.5 Å². The average molecular weight is 360 g/mol. The Morgan fingerprint density at radius 2 is 1.89 bits per heavy atom. The number of phenolic OH excluding ortho intramolecular Hbond substituents is 1. The highest BCUT2D eigenvalue weighted by Gasteiger charge is 2.56. The van der Waals surface area contributed by atoms with E-state index in [1.807, 2.05) is 18.2 Å². The quantitative estimate of drug-likeness (QED) is 0.724. The third kappa shape index (κ3) is 2.65. The minimum absolute atomic E-state index is 0.00377. The molecule has 0 aromatic heterocycles. The van der Waals surface area contributed by atoms with Crippen LogP contribution in [-0.2, 0) is 6.42 Å². The maximum absolute atomic E-state index is 11.2. The van der Waals surface area contributed by atoms with Gasteiger partial charge in [-0.25, -0.2) is 0 Å². The topological polar surface area (TPSA) is 40.5 Å². The number of phenols is 1. The lowest BCUT2D eigenvalue weighted by Crippen LogP contribution is -2.44. The Morgan fingerprint density at radius 3 is 2.70 bits per heavy atom. The highest BCUT2D eigenvalue weighted by molar-refractivity contribution is 5.55. The van der Waals surface area contributed by atoms with Crippen molar-refractivity contribution >= 4 is 6.08 Å². The van der Waals surface area contributed by atoms with Crippen LogP contribution in [0.5, 0.6) is 5.75 Å². The van der Waals surface area contributed by atoms with Crippen LogP contribution in [0.15, 0.2) is 54.1 Å². The summed E-state index contributed by atoms with van der Waals surface area (Å²) in [7, 11) is 0. The van der Waals surface area contributed by atoms with Crippen molar-refractivity contribution in [1.29, 1.82) is 0 Å². The number of hydrogen-bond acceptors (Lipinski definition) is 2. The fraction of sp³-hybridized carbons (Fsp3) is 0.440. The Bertz CT molecular complexity index is 884. The van der Waals surface area contributed by atoms with Gasteiger partial charge in [-0.3, -0.25) is 0 Å². The zero-order chi connectivity index (χ0) is 18.6. The number of aromatic hydroxyl groups is 1. The first kappa shape index (κ1) is 17.1. The first-order valence-electron chi connectivity index (χ1n) is 10.3. The molecule has 3 aliphatic rings. The molecule has 0 heterocycles. The van der Waals surface area contributed by atoms with Gasteiger partial charge < -0.3 is 10.2 Å². The van der Waals surface area contributed by atoms with Crippen LogP contribution in [0.3, 0.4) is 0 Å². The van der Waals surface area contributed by atoms with Crippen LogP contribution in [0.2, 0.25) is 0 Å². The molecule has 0 saturated heterocycles. The molecule has 2 fully saturated rings. The van der Waals surface area contributed by atoms with Crippen LogP contribution >= 0.6 is 0 Å². The van der Waals surface area contributed by atoms with Crippen molar-refractivity contribution in [1.82, 2.24) is 0 Å². The van der Waals surface area contributed by atoms with Gasteiger partial charge in [0.15, 0.2) is 0 Å². The molecule has 3 aliphatic carbocycles. The van der Waals surface area contributed by atoms with Crippen LogP contribution < -0.4 is 0 Å². The summed E-state index contributed by atoms with van der Waals surface area (Å²) in [4.78, 5) is 0. The molecule has 2 heteroatoms. The van der Waals surface area contributed by atoms with Crippen molar-refractivity contribution in [2.45, 2.75) is 51.0 Å². The number of aryl methyl sites for hydroxylation is 1. The third-order valence-corrected chi connectivity index (χ3v) is 7.73. The van der Waals surface area contributed by atoms with E-state index in [2.05, 4.69) is 43.3 Å². The van der Waals surface area contributed by atoms with E-state index in [1.165, 1.54) is 28.7 Å². The zero-order valence-electron chi connectivity index (χ0n) is 15.9. The van der Waals surface area contributed by atoms with E-state index in [0.29, 0.717) is 23.5 Å². The van der Waals surface area contributed by atoms with Gasteiger partial charge in [0.2, 0.25) is 0 Å². The van der Waals surface area contributed by atoms with Gasteiger partial charge in [-0.1, -0.05) is 49.4 Å². The maximum atomic E-state index is 11.2. The second kappa shape index (κ2) is 6.24. The molecule has 2 aromatic rings. The fourth-order valence-electron chi connectivity index (χ4n) is 6.33. The highest BCUT2D eigenvalue weighted by Crippen LogP contribution is 2.62. The summed E-state index contributed by atoms with van der Waals surface area (Å²) < 4.78 is 0. The molecule has 27 heavy (non-hydrogen) atoms. The monoisotopic (exact) mass is 360 g/mol. The number of aliphatic hydroxyl groups is 1. The Balaban J connectivity index is 1.49. The van der Waals surface area contributed by atoms with Gasteiger partial charge in [-0.05, 0) is 84.3 Å². The van der Waals surface area contributed by atoms with Gasteiger partial charge in [0.05, 0.1) is 6.10 Å². The lowest BCUT2D eigenvalue weighted by molar-refractivity contribution is -0.0158. The maximum Gasteiger partial charge on any atom is 0.115 e. The Morgan fingerprint density at radius 1 is 1.07 bits per heavy atom. The smallest absolute Gasteiger partial charge is 0.115 e. The summed E-state index contributed by atoms with van der Waals surface area (Å²) in [5, 5.41) is 21.1. The SMILES string of the molecule is C[C@]12CC[C@@H]3c4ccc(O)cc4CC[C@@H]3[C@H]1C/C(=C\c1ccccc1)[C@@H]2O. The van der Waals surface area contributed by atoms with Gasteiger partial charge in [-0.15, -0.1) is 0 Å². The van der Waals surface area contributed by atoms with Gasteiger partial charge >= 0.3 is 0 Å². The molecular formula is C25H28O2. The third-order valence-electron chi connectivity index (χ3n) is 7.73. The molecule has 0 spiro atoms. The molecule has 140 valence electrons. The van der Waals surface area contributed by atoms with Gasteiger partial charge in [0.1, 0.15) is 5.75 Å².